The zero-order chi connectivity index (χ0) is 15.5. The number of hydrogen-bond acceptors (Lipinski definition) is 4. The summed E-state index contributed by atoms with van der Waals surface area (Å²) in [6.07, 6.45) is 3.62. The van der Waals surface area contributed by atoms with E-state index in [1.54, 1.807) is 18.2 Å². The molecule has 1 aliphatic carbocycles. The maximum atomic E-state index is 12.9. The van der Waals surface area contributed by atoms with Crippen LogP contribution in [0.3, 0.4) is 0 Å². The summed E-state index contributed by atoms with van der Waals surface area (Å²) in [6.45, 7) is 1.76. The Morgan fingerprint density at radius 1 is 1.43 bits per heavy atom. The summed E-state index contributed by atoms with van der Waals surface area (Å²) in [5.41, 5.74) is 6.42. The van der Waals surface area contributed by atoms with Gasteiger partial charge in [0.05, 0.1) is 11.4 Å². The molecule has 0 aliphatic heterocycles. The van der Waals surface area contributed by atoms with E-state index in [-0.39, 0.29) is 23.3 Å². The van der Waals surface area contributed by atoms with Gasteiger partial charge < -0.3 is 10.9 Å². The topological polar surface area (TPSA) is 96.0 Å². The average Bonchev–Trinajstić information content (AvgIpc) is 2.98. The van der Waals surface area contributed by atoms with Gasteiger partial charge in [-0.15, -0.1) is 0 Å². The second kappa shape index (κ2) is 6.44. The molecule has 0 saturated heterocycles. The molecule has 2 rings (SSSR count). The van der Waals surface area contributed by atoms with E-state index in [0.29, 0.717) is 0 Å². The van der Waals surface area contributed by atoms with E-state index in [2.05, 4.69) is 5.16 Å². The molecule has 1 aromatic carbocycles. The van der Waals surface area contributed by atoms with Gasteiger partial charge in [-0.05, 0) is 37.5 Å². The number of nitrogens with two attached hydrogens (primary N) is 1. The molecule has 0 unspecified atom stereocenters. The van der Waals surface area contributed by atoms with Gasteiger partial charge in [0.25, 0.3) is 0 Å². The Labute approximate surface area is 125 Å². The fraction of sp³-hybridized carbons (Fsp3) is 0.500. The summed E-state index contributed by atoms with van der Waals surface area (Å²) < 4.78 is 27.1. The average molecular weight is 311 g/mol. The van der Waals surface area contributed by atoms with Crippen molar-refractivity contribution in [2.75, 3.05) is 6.54 Å². The standard InChI is InChI=1S/C14H21N3O3S/c1-11-5-4-8-13(9-11)21(19,20)17(10-14(15)16-18)12-6-2-3-7-12/h4-5,8-9,12,18H,2-3,6-7,10H2,1H3,(H2,15,16). The summed E-state index contributed by atoms with van der Waals surface area (Å²) in [7, 11) is -3.65. The van der Waals surface area contributed by atoms with Crippen molar-refractivity contribution >= 4 is 15.9 Å². The summed E-state index contributed by atoms with van der Waals surface area (Å²) in [5.74, 6) is -0.0990. The first-order chi connectivity index (χ1) is 9.95. The van der Waals surface area contributed by atoms with Crippen LogP contribution < -0.4 is 5.73 Å². The third kappa shape index (κ3) is 3.54. The number of benzene rings is 1. The first kappa shape index (κ1) is 15.8. The second-order valence-corrected chi connectivity index (χ2v) is 7.29. The molecule has 3 N–H and O–H groups in total. The molecule has 0 amide bonds. The van der Waals surface area contributed by atoms with Crippen LogP contribution in [0.4, 0.5) is 0 Å². The van der Waals surface area contributed by atoms with Crippen molar-refractivity contribution in [3.63, 3.8) is 0 Å². The van der Waals surface area contributed by atoms with Gasteiger partial charge in [-0.25, -0.2) is 8.42 Å². The SMILES string of the molecule is Cc1cccc(S(=O)(=O)N(CC(N)=NO)C2CCCC2)c1. The van der Waals surface area contributed by atoms with E-state index in [1.807, 2.05) is 13.0 Å². The predicted molar refractivity (Wildman–Crippen MR) is 80.7 cm³/mol. The minimum absolute atomic E-state index is 0.0859. The number of aryl methyl sites for hydroxylation is 1. The maximum absolute atomic E-state index is 12.9. The minimum atomic E-state index is -3.65. The normalized spacial score (nSPS) is 17.5. The molecule has 0 bridgehead atoms. The third-order valence-electron chi connectivity index (χ3n) is 3.77. The monoisotopic (exact) mass is 311 g/mol. The van der Waals surface area contributed by atoms with E-state index >= 15 is 0 Å². The van der Waals surface area contributed by atoms with Crippen molar-refractivity contribution in [2.45, 2.75) is 43.5 Å². The minimum Gasteiger partial charge on any atom is -0.409 e. The molecule has 21 heavy (non-hydrogen) atoms. The Hall–Kier alpha value is -1.60. The molecule has 0 aromatic heterocycles. The number of hydrogen-bond donors (Lipinski definition) is 2. The van der Waals surface area contributed by atoms with Crippen molar-refractivity contribution in [1.82, 2.24) is 4.31 Å². The zero-order valence-corrected chi connectivity index (χ0v) is 12.9. The molecule has 1 fully saturated rings. The largest absolute Gasteiger partial charge is 0.409 e. The third-order valence-corrected chi connectivity index (χ3v) is 5.67. The highest BCUT2D eigenvalue weighted by molar-refractivity contribution is 7.89. The lowest BCUT2D eigenvalue weighted by Crippen LogP contribution is -2.44. The van der Waals surface area contributed by atoms with Crippen LogP contribution in [-0.4, -0.2) is 36.4 Å². The van der Waals surface area contributed by atoms with Crippen molar-refractivity contribution < 1.29 is 13.6 Å². The summed E-state index contributed by atoms with van der Waals surface area (Å²) in [6, 6.07) is 6.71. The van der Waals surface area contributed by atoms with Crippen molar-refractivity contribution in [1.29, 1.82) is 0 Å². The van der Waals surface area contributed by atoms with Gasteiger partial charge >= 0.3 is 0 Å². The van der Waals surface area contributed by atoms with Crippen LogP contribution in [0.25, 0.3) is 0 Å². The fourth-order valence-electron chi connectivity index (χ4n) is 2.71. The highest BCUT2D eigenvalue weighted by Gasteiger charge is 2.33. The molecule has 0 heterocycles. The first-order valence-corrected chi connectivity index (χ1v) is 8.44. The van der Waals surface area contributed by atoms with Gasteiger partial charge in [0.15, 0.2) is 5.84 Å². The van der Waals surface area contributed by atoms with Crippen LogP contribution in [0.15, 0.2) is 34.3 Å². The maximum Gasteiger partial charge on any atom is 0.243 e. The van der Waals surface area contributed by atoms with Gasteiger partial charge in [0, 0.05) is 6.04 Å². The fourth-order valence-corrected chi connectivity index (χ4v) is 4.47. The Morgan fingerprint density at radius 3 is 2.67 bits per heavy atom. The van der Waals surface area contributed by atoms with Gasteiger partial charge in [-0.1, -0.05) is 30.1 Å². The van der Waals surface area contributed by atoms with Crippen LogP contribution in [0.2, 0.25) is 0 Å². The Bertz CT molecular complexity index is 622. The highest BCUT2D eigenvalue weighted by Crippen LogP contribution is 2.28. The van der Waals surface area contributed by atoms with Crippen molar-refractivity contribution in [3.05, 3.63) is 29.8 Å². The quantitative estimate of drug-likeness (QED) is 0.374. The lowest BCUT2D eigenvalue weighted by atomic mass is 10.2. The van der Waals surface area contributed by atoms with Crippen LogP contribution in [-0.2, 0) is 10.0 Å². The molecule has 0 radical (unpaired) electrons. The molecule has 116 valence electrons. The smallest absolute Gasteiger partial charge is 0.243 e. The van der Waals surface area contributed by atoms with Gasteiger partial charge in [-0.2, -0.15) is 4.31 Å². The van der Waals surface area contributed by atoms with Crippen molar-refractivity contribution in [3.8, 4) is 0 Å². The van der Waals surface area contributed by atoms with Gasteiger partial charge in [0.2, 0.25) is 10.0 Å². The molecule has 1 aliphatic rings. The molecule has 7 heteroatoms. The zero-order valence-electron chi connectivity index (χ0n) is 12.1. The Morgan fingerprint density at radius 2 is 2.10 bits per heavy atom. The van der Waals surface area contributed by atoms with Crippen LogP contribution in [0, 0.1) is 6.92 Å². The summed E-state index contributed by atoms with van der Waals surface area (Å²) in [4.78, 5) is 0.250. The molecular formula is C14H21N3O3S. The van der Waals surface area contributed by atoms with E-state index in [4.69, 9.17) is 10.9 Å². The Kier molecular flexibility index (Phi) is 4.84. The van der Waals surface area contributed by atoms with Crippen LogP contribution in [0.5, 0.6) is 0 Å². The molecule has 0 atom stereocenters. The van der Waals surface area contributed by atoms with Gasteiger partial charge in [-0.3, -0.25) is 0 Å². The number of oxime groups is 1. The van der Waals surface area contributed by atoms with Crippen molar-refractivity contribution in [2.24, 2.45) is 10.9 Å². The Balaban J connectivity index is 2.38. The first-order valence-electron chi connectivity index (χ1n) is 7.00. The lowest BCUT2D eigenvalue weighted by Gasteiger charge is -2.27. The summed E-state index contributed by atoms with van der Waals surface area (Å²) in [5, 5.41) is 11.7. The predicted octanol–water partition coefficient (Wildman–Crippen LogP) is 1.67. The van der Waals surface area contributed by atoms with Crippen LogP contribution in [0.1, 0.15) is 31.2 Å². The van der Waals surface area contributed by atoms with E-state index < -0.39 is 10.0 Å². The number of nitrogens with zero attached hydrogens (tertiary/aromatic N) is 2. The summed E-state index contributed by atoms with van der Waals surface area (Å²) >= 11 is 0. The lowest BCUT2D eigenvalue weighted by molar-refractivity contribution is 0.308. The molecule has 0 spiro atoms. The van der Waals surface area contributed by atoms with E-state index in [0.717, 1.165) is 31.2 Å². The van der Waals surface area contributed by atoms with E-state index in [9.17, 15) is 8.42 Å². The number of amidine groups is 1. The van der Waals surface area contributed by atoms with Crippen LogP contribution >= 0.6 is 0 Å². The molecular weight excluding hydrogens is 290 g/mol. The van der Waals surface area contributed by atoms with Gasteiger partial charge in [0.1, 0.15) is 0 Å². The number of sulfonamides is 1. The number of rotatable bonds is 5. The van der Waals surface area contributed by atoms with E-state index in [1.165, 1.54) is 4.31 Å². The molecule has 1 saturated carbocycles. The highest BCUT2D eigenvalue weighted by atomic mass is 32.2. The molecule has 1 aromatic rings. The second-order valence-electron chi connectivity index (χ2n) is 5.40. The molecule has 6 nitrogen and oxygen atoms in total.